The molecule has 1 aromatic rings. The Morgan fingerprint density at radius 1 is 1.22 bits per heavy atom. The maximum Gasteiger partial charge on any atom is 0.308 e. The van der Waals surface area contributed by atoms with Gasteiger partial charge in [0.2, 0.25) is 5.91 Å². The Morgan fingerprint density at radius 2 is 1.88 bits per heavy atom. The largest absolute Gasteiger partial charge is 0.487 e. The lowest BCUT2D eigenvalue weighted by molar-refractivity contribution is -0.145. The first-order valence-corrected chi connectivity index (χ1v) is 11.5. The van der Waals surface area contributed by atoms with Crippen LogP contribution in [-0.4, -0.2) is 46.5 Å². The molecule has 3 N–H and O–H groups in total. The van der Waals surface area contributed by atoms with Crippen LogP contribution in [0.25, 0.3) is 0 Å². The van der Waals surface area contributed by atoms with E-state index in [1.54, 1.807) is 6.92 Å². The van der Waals surface area contributed by atoms with E-state index in [9.17, 15) is 19.8 Å². The second kappa shape index (κ2) is 10.7. The van der Waals surface area contributed by atoms with Crippen LogP contribution in [-0.2, 0) is 27.2 Å². The molecule has 32 heavy (non-hydrogen) atoms. The van der Waals surface area contributed by atoms with E-state index in [4.69, 9.17) is 9.47 Å². The van der Waals surface area contributed by atoms with E-state index in [1.165, 1.54) is 6.92 Å². The molecule has 7 heteroatoms. The van der Waals surface area contributed by atoms with Gasteiger partial charge in [0.25, 0.3) is 0 Å². The molecule has 1 heterocycles. The summed E-state index contributed by atoms with van der Waals surface area (Å²) in [5, 5.41) is 23.7. The fourth-order valence-electron chi connectivity index (χ4n) is 4.51. The van der Waals surface area contributed by atoms with Gasteiger partial charge in [0.15, 0.2) is 0 Å². The van der Waals surface area contributed by atoms with Crippen LogP contribution >= 0.6 is 0 Å². The van der Waals surface area contributed by atoms with Crippen LogP contribution in [0.4, 0.5) is 5.69 Å². The van der Waals surface area contributed by atoms with Crippen molar-refractivity contribution in [1.82, 2.24) is 0 Å². The van der Waals surface area contributed by atoms with Crippen molar-refractivity contribution in [3.8, 4) is 5.75 Å². The summed E-state index contributed by atoms with van der Waals surface area (Å²) in [5.41, 5.74) is 4.62. The van der Waals surface area contributed by atoms with Crippen molar-refractivity contribution >= 4 is 17.6 Å². The quantitative estimate of drug-likeness (QED) is 0.470. The first-order chi connectivity index (χ1) is 14.9. The lowest BCUT2D eigenvalue weighted by Gasteiger charge is -2.25. The fraction of sp³-hybridized carbons (Fsp3) is 0.680. The lowest BCUT2D eigenvalue weighted by Crippen LogP contribution is -2.25. The molecule has 0 spiro atoms. The van der Waals surface area contributed by atoms with Gasteiger partial charge in [0.05, 0.1) is 25.2 Å². The molecule has 2 rings (SSSR count). The van der Waals surface area contributed by atoms with Gasteiger partial charge in [-0.05, 0) is 64.0 Å². The number of rotatable bonds is 10. The molecule has 0 fully saturated rings. The average molecular weight is 450 g/mol. The Kier molecular flexibility index (Phi) is 8.71. The van der Waals surface area contributed by atoms with Crippen molar-refractivity contribution < 1.29 is 29.3 Å². The van der Waals surface area contributed by atoms with E-state index < -0.39 is 18.2 Å². The zero-order valence-electron chi connectivity index (χ0n) is 20.5. The Morgan fingerprint density at radius 3 is 2.44 bits per heavy atom. The summed E-state index contributed by atoms with van der Waals surface area (Å²) in [5.74, 6) is 0.390. The van der Waals surface area contributed by atoms with E-state index in [0.29, 0.717) is 12.8 Å². The topological polar surface area (TPSA) is 105 Å². The van der Waals surface area contributed by atoms with E-state index in [0.717, 1.165) is 40.1 Å². The Bertz CT molecular complexity index is 846. The van der Waals surface area contributed by atoms with Crippen LogP contribution in [0.1, 0.15) is 89.0 Å². The highest BCUT2D eigenvalue weighted by molar-refractivity contribution is 5.92. The maximum absolute atomic E-state index is 12.0. The molecule has 0 radical (unpaired) electrons. The molecule has 0 aromatic heterocycles. The van der Waals surface area contributed by atoms with E-state index in [1.807, 2.05) is 20.8 Å². The highest BCUT2D eigenvalue weighted by Gasteiger charge is 2.36. The number of anilines is 1. The molecule has 2 atom stereocenters. The van der Waals surface area contributed by atoms with Crippen LogP contribution in [0.3, 0.4) is 0 Å². The molecular weight excluding hydrogens is 410 g/mol. The fourth-order valence-corrected chi connectivity index (χ4v) is 4.51. The third kappa shape index (κ3) is 6.45. The zero-order chi connectivity index (χ0) is 24.2. The number of esters is 1. The predicted molar refractivity (Wildman–Crippen MR) is 124 cm³/mol. The highest BCUT2D eigenvalue weighted by atomic mass is 16.5. The highest BCUT2D eigenvalue weighted by Crippen LogP contribution is 2.47. The van der Waals surface area contributed by atoms with Crippen molar-refractivity contribution in [2.45, 2.75) is 104 Å². The Labute approximate surface area is 191 Å². The van der Waals surface area contributed by atoms with Crippen LogP contribution in [0.15, 0.2) is 0 Å². The number of aliphatic hydroxyl groups excluding tert-OH is 2. The number of benzene rings is 1. The smallest absolute Gasteiger partial charge is 0.308 e. The average Bonchev–Trinajstić information content (AvgIpc) is 2.97. The van der Waals surface area contributed by atoms with Gasteiger partial charge >= 0.3 is 5.97 Å². The van der Waals surface area contributed by atoms with Gasteiger partial charge in [0.1, 0.15) is 11.4 Å². The molecule has 1 aromatic carbocycles. The van der Waals surface area contributed by atoms with Gasteiger partial charge in [-0.25, -0.2) is 0 Å². The van der Waals surface area contributed by atoms with Gasteiger partial charge in [-0.3, -0.25) is 9.59 Å². The van der Waals surface area contributed by atoms with Gasteiger partial charge < -0.3 is 25.0 Å². The molecule has 2 unspecified atom stereocenters. The molecule has 0 bridgehead atoms. The second-order valence-electron chi connectivity index (χ2n) is 9.67. The van der Waals surface area contributed by atoms with E-state index >= 15 is 0 Å². The number of nitrogens with one attached hydrogen (secondary N) is 1. The lowest BCUT2D eigenvalue weighted by atomic mass is 9.85. The number of ether oxygens (including phenoxy) is 2. The monoisotopic (exact) mass is 449 g/mol. The van der Waals surface area contributed by atoms with E-state index in [2.05, 4.69) is 19.2 Å². The maximum atomic E-state index is 12.0. The number of carbonyl (C=O) groups is 2. The molecule has 0 saturated carbocycles. The van der Waals surface area contributed by atoms with Crippen molar-refractivity contribution in [1.29, 1.82) is 0 Å². The number of hydrogen-bond acceptors (Lipinski definition) is 6. The summed E-state index contributed by atoms with van der Waals surface area (Å²) in [6, 6.07) is 0. The minimum atomic E-state index is -0.956. The van der Waals surface area contributed by atoms with Crippen molar-refractivity contribution in [3.05, 3.63) is 22.3 Å². The van der Waals surface area contributed by atoms with Crippen LogP contribution in [0, 0.1) is 6.92 Å². The number of fused-ring (bicyclic) bond motifs is 1. The first kappa shape index (κ1) is 26.1. The molecule has 1 aliphatic heterocycles. The number of aliphatic hydroxyl groups is 2. The predicted octanol–water partition coefficient (Wildman–Crippen LogP) is 3.79. The van der Waals surface area contributed by atoms with Crippen LogP contribution < -0.4 is 10.1 Å². The third-order valence-corrected chi connectivity index (χ3v) is 5.81. The Hall–Kier alpha value is -2.12. The van der Waals surface area contributed by atoms with Crippen molar-refractivity contribution in [2.24, 2.45) is 0 Å². The number of hydrogen-bond donors (Lipinski definition) is 3. The minimum Gasteiger partial charge on any atom is -0.487 e. The number of amides is 1. The van der Waals surface area contributed by atoms with Crippen molar-refractivity contribution in [2.75, 3.05) is 11.9 Å². The summed E-state index contributed by atoms with van der Waals surface area (Å²) in [4.78, 5) is 23.5. The van der Waals surface area contributed by atoms with Gasteiger partial charge in [-0.1, -0.05) is 13.8 Å². The molecule has 180 valence electrons. The van der Waals surface area contributed by atoms with Crippen LogP contribution in [0.2, 0.25) is 0 Å². The molecule has 0 aliphatic carbocycles. The third-order valence-electron chi connectivity index (χ3n) is 5.81. The first-order valence-electron chi connectivity index (χ1n) is 11.5. The van der Waals surface area contributed by atoms with Gasteiger partial charge in [0, 0.05) is 30.2 Å². The summed E-state index contributed by atoms with van der Waals surface area (Å²) in [7, 11) is 0. The molecule has 7 nitrogen and oxygen atoms in total. The van der Waals surface area contributed by atoms with Gasteiger partial charge in [-0.15, -0.1) is 0 Å². The zero-order valence-corrected chi connectivity index (χ0v) is 20.5. The molecular formula is C25H39NO6. The normalized spacial score (nSPS) is 16.3. The summed E-state index contributed by atoms with van der Waals surface area (Å²) >= 11 is 0. The molecule has 1 aliphatic rings. The standard InChI is InChI=1S/C25H39NO6/c1-8-31-21(30)12-18(29)11-17(28)9-10-19-22(14(2)3)23(26-16(5)27)15(4)20-13-25(6,7)32-24(19)20/h14,17-18,28-29H,8-13H2,1-7H3,(H,26,27). The number of carbonyl (C=O) groups excluding carboxylic acids is 2. The second-order valence-corrected chi connectivity index (χ2v) is 9.67. The van der Waals surface area contributed by atoms with E-state index in [-0.39, 0.29) is 36.9 Å². The SMILES string of the molecule is CCOC(=O)CC(O)CC(O)CCc1c2c(c(C)c(NC(C)=O)c1C(C)C)CC(C)(C)O2. The summed E-state index contributed by atoms with van der Waals surface area (Å²) in [6.45, 7) is 13.7. The minimum absolute atomic E-state index is 0.0920. The molecule has 1 amide bonds. The van der Waals surface area contributed by atoms with Gasteiger partial charge in [-0.2, -0.15) is 0 Å². The summed E-state index contributed by atoms with van der Waals surface area (Å²) < 4.78 is 11.2. The Balaban J connectivity index is 2.31. The van der Waals surface area contributed by atoms with Crippen LogP contribution in [0.5, 0.6) is 5.75 Å². The summed E-state index contributed by atoms with van der Waals surface area (Å²) in [6.07, 6.45) is -0.101. The van der Waals surface area contributed by atoms with Crippen molar-refractivity contribution in [3.63, 3.8) is 0 Å². The molecule has 0 saturated heterocycles.